The van der Waals surface area contributed by atoms with Crippen molar-refractivity contribution in [3.05, 3.63) is 224 Å². The third-order valence-electron chi connectivity index (χ3n) is 18.4. The summed E-state index contributed by atoms with van der Waals surface area (Å²) in [5.41, 5.74) is 22.8. The number of aryl methyl sites for hydroxylation is 4. The van der Waals surface area contributed by atoms with Crippen molar-refractivity contribution < 1.29 is 9.15 Å². The van der Waals surface area contributed by atoms with Crippen molar-refractivity contribution >= 4 is 39.0 Å². The van der Waals surface area contributed by atoms with Gasteiger partial charge in [-0.1, -0.05) is 142 Å². The molecule has 1 aliphatic heterocycles. The SMILES string of the molecule is Cc1ccc(N(C2=C3C=CC4=CCC(N(C5=C6Oc7c(C8CCCCC8)cccc7[C@H]6CC=C5)c5ccc(C)c(C)c5)C5=C4C3C(C=C5)C=C2)c2cccc3c2oc2c(C4CCCCC4)cccc23)cc1C. The molecule has 2 heterocycles. The van der Waals surface area contributed by atoms with Crippen molar-refractivity contribution in [2.24, 2.45) is 11.8 Å². The van der Waals surface area contributed by atoms with E-state index in [2.05, 4.69) is 183 Å². The van der Waals surface area contributed by atoms with Crippen LogP contribution >= 0.6 is 0 Å². The van der Waals surface area contributed by atoms with Crippen LogP contribution in [0.1, 0.15) is 134 Å². The van der Waals surface area contributed by atoms with E-state index in [1.165, 1.54) is 153 Å². The molecular formula is C68H66N2O2. The summed E-state index contributed by atoms with van der Waals surface area (Å²) in [6.07, 6.45) is 36.8. The molecule has 4 nitrogen and oxygen atoms in total. The third-order valence-corrected chi connectivity index (χ3v) is 18.4. The topological polar surface area (TPSA) is 28.9 Å². The largest absolute Gasteiger partial charge is 0.458 e. The predicted octanol–water partition coefficient (Wildman–Crippen LogP) is 18.1. The van der Waals surface area contributed by atoms with Gasteiger partial charge in [-0.15, -0.1) is 0 Å². The summed E-state index contributed by atoms with van der Waals surface area (Å²) in [7, 11) is 0. The van der Waals surface area contributed by atoms with Crippen LogP contribution in [-0.2, 0) is 0 Å². The van der Waals surface area contributed by atoms with Gasteiger partial charge in [-0.05, 0) is 176 Å². The Kier molecular flexibility index (Phi) is 10.7. The minimum Gasteiger partial charge on any atom is -0.458 e. The molecule has 0 spiro atoms. The van der Waals surface area contributed by atoms with E-state index in [-0.39, 0.29) is 23.8 Å². The average molecular weight is 943 g/mol. The van der Waals surface area contributed by atoms with E-state index in [1.54, 1.807) is 0 Å². The van der Waals surface area contributed by atoms with Gasteiger partial charge in [0, 0.05) is 45.2 Å². The molecule has 4 heteroatoms. The number of hydrogen-bond acceptors (Lipinski definition) is 4. The van der Waals surface area contributed by atoms with E-state index >= 15 is 0 Å². The highest BCUT2D eigenvalue weighted by molar-refractivity contribution is 6.10. The van der Waals surface area contributed by atoms with Crippen LogP contribution in [0.5, 0.6) is 5.75 Å². The smallest absolute Gasteiger partial charge is 0.159 e. The fourth-order valence-electron chi connectivity index (χ4n) is 14.3. The molecule has 0 bridgehead atoms. The zero-order valence-corrected chi connectivity index (χ0v) is 42.5. The van der Waals surface area contributed by atoms with E-state index in [4.69, 9.17) is 9.15 Å². The molecule has 0 saturated heterocycles. The van der Waals surface area contributed by atoms with Crippen LogP contribution in [0, 0.1) is 39.5 Å². The number of hydrogen-bond donors (Lipinski definition) is 0. The highest BCUT2D eigenvalue weighted by atomic mass is 16.5. The molecule has 3 unspecified atom stereocenters. The molecule has 6 aromatic rings. The number of furan rings is 1. The van der Waals surface area contributed by atoms with Gasteiger partial charge in [0.05, 0.1) is 23.3 Å². The van der Waals surface area contributed by atoms with E-state index in [0.717, 1.165) is 46.9 Å². The fraction of sp³-hybridized carbons (Fsp3) is 0.324. The van der Waals surface area contributed by atoms with Crippen LogP contribution in [0.3, 0.4) is 0 Å². The molecule has 7 aliphatic carbocycles. The normalized spacial score (nSPS) is 23.4. The first kappa shape index (κ1) is 44.0. The Bertz CT molecular complexity index is 3490. The van der Waals surface area contributed by atoms with Gasteiger partial charge in [-0.2, -0.15) is 0 Å². The molecule has 1 aromatic heterocycles. The Labute approximate surface area is 426 Å². The zero-order chi connectivity index (χ0) is 48.2. The second-order valence-electron chi connectivity index (χ2n) is 22.4. The maximum atomic E-state index is 7.35. The first-order valence-electron chi connectivity index (χ1n) is 27.5. The average Bonchev–Trinajstić information content (AvgIpc) is 4.01. The number of fused-ring (bicyclic) bond motifs is 6. The molecule has 5 aromatic carbocycles. The summed E-state index contributed by atoms with van der Waals surface area (Å²) in [5.74, 6) is 3.98. The zero-order valence-electron chi connectivity index (χ0n) is 42.5. The van der Waals surface area contributed by atoms with Crippen molar-refractivity contribution in [3.63, 3.8) is 0 Å². The first-order valence-corrected chi connectivity index (χ1v) is 27.5. The Hall–Kier alpha value is -6.78. The van der Waals surface area contributed by atoms with Gasteiger partial charge < -0.3 is 19.0 Å². The van der Waals surface area contributed by atoms with Crippen molar-refractivity contribution in [1.29, 1.82) is 0 Å². The van der Waals surface area contributed by atoms with E-state index in [9.17, 15) is 0 Å². The molecule has 0 radical (unpaired) electrons. The van der Waals surface area contributed by atoms with Gasteiger partial charge in [-0.25, -0.2) is 0 Å². The lowest BCUT2D eigenvalue weighted by Gasteiger charge is -2.46. The summed E-state index contributed by atoms with van der Waals surface area (Å²) >= 11 is 0. The Balaban J connectivity index is 0.922. The second-order valence-corrected chi connectivity index (χ2v) is 22.4. The number of benzene rings is 5. The third kappa shape index (κ3) is 6.98. The molecule has 0 N–H and O–H groups in total. The fourth-order valence-corrected chi connectivity index (χ4v) is 14.3. The summed E-state index contributed by atoms with van der Waals surface area (Å²) in [5, 5.41) is 2.41. The van der Waals surface area contributed by atoms with Crippen molar-refractivity contribution in [2.45, 2.75) is 129 Å². The lowest BCUT2D eigenvalue weighted by Crippen LogP contribution is -2.41. The maximum Gasteiger partial charge on any atom is 0.159 e. The lowest BCUT2D eigenvalue weighted by molar-refractivity contribution is 0.392. The predicted molar refractivity (Wildman–Crippen MR) is 297 cm³/mol. The molecule has 72 heavy (non-hydrogen) atoms. The Morgan fingerprint density at radius 3 is 1.99 bits per heavy atom. The van der Waals surface area contributed by atoms with Gasteiger partial charge in [0.2, 0.25) is 0 Å². The highest BCUT2D eigenvalue weighted by Gasteiger charge is 2.44. The Morgan fingerprint density at radius 1 is 0.542 bits per heavy atom. The summed E-state index contributed by atoms with van der Waals surface area (Å²) in [4.78, 5) is 5.19. The van der Waals surface area contributed by atoms with Crippen LogP contribution in [0.15, 0.2) is 190 Å². The minimum absolute atomic E-state index is 0.0692. The number of rotatable bonds is 8. The van der Waals surface area contributed by atoms with E-state index in [1.807, 2.05) is 0 Å². The number of allylic oxidation sites excluding steroid dienone is 11. The van der Waals surface area contributed by atoms with Gasteiger partial charge in [0.1, 0.15) is 17.1 Å². The molecular weight excluding hydrogens is 877 g/mol. The van der Waals surface area contributed by atoms with Crippen LogP contribution in [-0.4, -0.2) is 6.04 Å². The van der Waals surface area contributed by atoms with Crippen molar-refractivity contribution in [2.75, 3.05) is 9.80 Å². The number of para-hydroxylation sites is 3. The molecule has 8 aliphatic rings. The molecule has 14 rings (SSSR count). The second kappa shape index (κ2) is 17.5. The van der Waals surface area contributed by atoms with Crippen LogP contribution in [0.4, 0.5) is 17.1 Å². The molecule has 2 saturated carbocycles. The standard InChI is InChI=1S/C68H66N2O2/c1-41-27-33-49(39-43(41)3)69(61-25-13-23-55-53-21-11-19-51(65(53)71-67(55)61)45-15-7-5-8-16-45)59-37-31-47-30-36-58-60(38-32-48-29-35-57(59)63(47)64(48)58)70(50-34-28-42(2)44(4)40-50)62-26-14-24-56-54-22-12-20-52(66(54)72-68(56)62)46-17-9-6-10-18-46/h11-14,19-23,25-37,39-40,45-47,56,60,63H,5-10,15-18,24,38H2,1-4H3/t47?,56-,60?,63?/m1/s1. The summed E-state index contributed by atoms with van der Waals surface area (Å²) < 4.78 is 14.6. The van der Waals surface area contributed by atoms with E-state index in [0.29, 0.717) is 11.8 Å². The van der Waals surface area contributed by atoms with Gasteiger partial charge in [0.15, 0.2) is 5.58 Å². The lowest BCUT2D eigenvalue weighted by atomic mass is 9.64. The Morgan fingerprint density at radius 2 is 1.21 bits per heavy atom. The minimum atomic E-state index is 0.0692. The first-order chi connectivity index (χ1) is 35.4. The monoisotopic (exact) mass is 943 g/mol. The number of nitrogens with zero attached hydrogens (tertiary/aromatic N) is 2. The highest BCUT2D eigenvalue weighted by Crippen LogP contribution is 2.56. The van der Waals surface area contributed by atoms with E-state index < -0.39 is 0 Å². The molecule has 360 valence electrons. The van der Waals surface area contributed by atoms with Crippen LogP contribution in [0.25, 0.3) is 21.9 Å². The summed E-state index contributed by atoms with van der Waals surface area (Å²) in [6.45, 7) is 8.96. The quantitative estimate of drug-likeness (QED) is 0.152. The van der Waals surface area contributed by atoms with Crippen LogP contribution < -0.4 is 14.5 Å². The van der Waals surface area contributed by atoms with Gasteiger partial charge in [0.25, 0.3) is 0 Å². The van der Waals surface area contributed by atoms with Gasteiger partial charge in [-0.3, -0.25) is 0 Å². The number of anilines is 3. The maximum absolute atomic E-state index is 7.35. The molecule has 4 atom stereocenters. The van der Waals surface area contributed by atoms with Crippen molar-refractivity contribution in [1.82, 2.24) is 0 Å². The number of ether oxygens (including phenoxy) is 1. The molecule has 0 amide bonds. The van der Waals surface area contributed by atoms with Gasteiger partial charge >= 0.3 is 0 Å². The van der Waals surface area contributed by atoms with Crippen LogP contribution in [0.2, 0.25) is 0 Å². The summed E-state index contributed by atoms with van der Waals surface area (Å²) in [6, 6.07) is 34.8. The molecule has 2 fully saturated rings. The van der Waals surface area contributed by atoms with Crippen molar-refractivity contribution in [3.8, 4) is 5.75 Å².